The summed E-state index contributed by atoms with van der Waals surface area (Å²) in [7, 11) is 0. The molecule has 0 rings (SSSR count). The van der Waals surface area contributed by atoms with Gasteiger partial charge < -0.3 is 14.2 Å². The highest BCUT2D eigenvalue weighted by atomic mass is 16.6. The van der Waals surface area contributed by atoms with Crippen molar-refractivity contribution in [1.29, 1.82) is 0 Å². The molecule has 0 aliphatic carbocycles. The molecule has 388 valence electrons. The number of ether oxygens (including phenoxy) is 3. The van der Waals surface area contributed by atoms with Crippen LogP contribution in [0.25, 0.3) is 0 Å². The van der Waals surface area contributed by atoms with Crippen LogP contribution in [0.2, 0.25) is 0 Å². The summed E-state index contributed by atoms with van der Waals surface area (Å²) in [5.41, 5.74) is 0. The van der Waals surface area contributed by atoms with Crippen molar-refractivity contribution in [3.05, 3.63) is 60.8 Å². The molecule has 0 aromatic carbocycles. The molecule has 0 aliphatic heterocycles. The number of unbranched alkanes of at least 4 members (excludes halogenated alkanes) is 32. The van der Waals surface area contributed by atoms with Gasteiger partial charge in [-0.1, -0.05) is 236 Å². The number of carbonyl (C=O) groups excluding carboxylic acids is 3. The Morgan fingerprint density at radius 3 is 1.03 bits per heavy atom. The third kappa shape index (κ3) is 53.9. The van der Waals surface area contributed by atoms with Gasteiger partial charge in [0.05, 0.1) is 0 Å². The van der Waals surface area contributed by atoms with Crippen LogP contribution in [0.1, 0.15) is 290 Å². The molecule has 0 saturated carbocycles. The number of carbonyl (C=O) groups is 3. The van der Waals surface area contributed by atoms with Crippen LogP contribution >= 0.6 is 0 Å². The minimum Gasteiger partial charge on any atom is -0.462 e. The van der Waals surface area contributed by atoms with Crippen molar-refractivity contribution in [3.63, 3.8) is 0 Å². The molecule has 0 aromatic heterocycles. The van der Waals surface area contributed by atoms with Gasteiger partial charge in [0.1, 0.15) is 13.2 Å². The predicted octanol–water partition coefficient (Wildman–Crippen LogP) is 19.2. The Hall–Kier alpha value is -2.89. The van der Waals surface area contributed by atoms with E-state index in [1.54, 1.807) is 0 Å². The largest absolute Gasteiger partial charge is 0.462 e. The van der Waals surface area contributed by atoms with Crippen LogP contribution < -0.4 is 0 Å². The maximum absolute atomic E-state index is 12.8. The van der Waals surface area contributed by atoms with Gasteiger partial charge in [-0.05, 0) is 96.3 Å². The summed E-state index contributed by atoms with van der Waals surface area (Å²) in [5, 5.41) is 0. The van der Waals surface area contributed by atoms with Crippen molar-refractivity contribution in [2.24, 2.45) is 0 Å². The summed E-state index contributed by atoms with van der Waals surface area (Å²) in [4.78, 5) is 38.1. The summed E-state index contributed by atoms with van der Waals surface area (Å²) in [5.74, 6) is -0.890. The second-order valence-corrected chi connectivity index (χ2v) is 19.2. The van der Waals surface area contributed by atoms with Crippen molar-refractivity contribution in [2.45, 2.75) is 297 Å². The van der Waals surface area contributed by atoms with E-state index in [9.17, 15) is 14.4 Å². The highest BCUT2D eigenvalue weighted by Gasteiger charge is 2.19. The Morgan fingerprint density at radius 2 is 0.627 bits per heavy atom. The van der Waals surface area contributed by atoms with Crippen LogP contribution in [0.3, 0.4) is 0 Å². The molecule has 6 heteroatoms. The quantitative estimate of drug-likeness (QED) is 0.0199. The van der Waals surface area contributed by atoms with E-state index in [0.717, 1.165) is 89.9 Å². The van der Waals surface area contributed by atoms with Gasteiger partial charge in [0, 0.05) is 19.3 Å². The lowest BCUT2D eigenvalue weighted by Gasteiger charge is -2.18. The first-order chi connectivity index (χ1) is 33.0. The topological polar surface area (TPSA) is 78.9 Å². The molecule has 0 spiro atoms. The molecular formula is C61H108O6. The van der Waals surface area contributed by atoms with Gasteiger partial charge in [-0.3, -0.25) is 14.4 Å². The zero-order valence-electron chi connectivity index (χ0n) is 44.4. The number of hydrogen-bond donors (Lipinski definition) is 0. The number of allylic oxidation sites excluding steroid dienone is 10. The van der Waals surface area contributed by atoms with E-state index >= 15 is 0 Å². The lowest BCUT2D eigenvalue weighted by Crippen LogP contribution is -2.30. The summed E-state index contributed by atoms with van der Waals surface area (Å²) >= 11 is 0. The summed E-state index contributed by atoms with van der Waals surface area (Å²) in [6.07, 6.45) is 69.2. The van der Waals surface area contributed by atoms with Gasteiger partial charge in [-0.25, -0.2) is 0 Å². The molecule has 0 radical (unpaired) electrons. The van der Waals surface area contributed by atoms with Gasteiger partial charge in [0.15, 0.2) is 6.10 Å². The van der Waals surface area contributed by atoms with E-state index in [1.165, 1.54) is 161 Å². The highest BCUT2D eigenvalue weighted by Crippen LogP contribution is 2.15. The fourth-order valence-electron chi connectivity index (χ4n) is 8.17. The Labute approximate surface area is 415 Å². The Kier molecular flexibility index (Phi) is 53.3. The van der Waals surface area contributed by atoms with Gasteiger partial charge in [-0.2, -0.15) is 0 Å². The molecule has 0 saturated heterocycles. The van der Waals surface area contributed by atoms with Crippen LogP contribution in [0.5, 0.6) is 0 Å². The molecule has 0 heterocycles. The van der Waals surface area contributed by atoms with Crippen LogP contribution in [-0.2, 0) is 28.6 Å². The van der Waals surface area contributed by atoms with Gasteiger partial charge >= 0.3 is 17.9 Å². The van der Waals surface area contributed by atoms with Crippen LogP contribution in [0, 0.1) is 0 Å². The minimum atomic E-state index is -0.783. The normalized spacial score (nSPS) is 12.5. The summed E-state index contributed by atoms with van der Waals surface area (Å²) < 4.78 is 16.9. The molecule has 0 aromatic rings. The lowest BCUT2D eigenvalue weighted by atomic mass is 10.1. The van der Waals surface area contributed by atoms with Crippen molar-refractivity contribution < 1.29 is 28.6 Å². The molecule has 0 bridgehead atoms. The molecule has 0 fully saturated rings. The van der Waals surface area contributed by atoms with E-state index in [0.29, 0.717) is 19.3 Å². The van der Waals surface area contributed by atoms with E-state index in [1.807, 2.05) is 0 Å². The lowest BCUT2D eigenvalue weighted by molar-refractivity contribution is -0.167. The average molecular weight is 938 g/mol. The molecule has 1 unspecified atom stereocenters. The molecule has 67 heavy (non-hydrogen) atoms. The fourth-order valence-corrected chi connectivity index (χ4v) is 8.17. The minimum absolute atomic E-state index is 0.0809. The van der Waals surface area contributed by atoms with Crippen molar-refractivity contribution in [2.75, 3.05) is 13.2 Å². The van der Waals surface area contributed by atoms with Crippen molar-refractivity contribution in [1.82, 2.24) is 0 Å². The van der Waals surface area contributed by atoms with Gasteiger partial charge in [0.25, 0.3) is 0 Å². The van der Waals surface area contributed by atoms with Crippen LogP contribution in [-0.4, -0.2) is 37.2 Å². The monoisotopic (exact) mass is 937 g/mol. The smallest absolute Gasteiger partial charge is 0.306 e. The molecule has 0 N–H and O–H groups in total. The number of rotatable bonds is 52. The van der Waals surface area contributed by atoms with E-state index in [2.05, 4.69) is 81.5 Å². The Balaban J connectivity index is 4.37. The average Bonchev–Trinajstić information content (AvgIpc) is 3.33. The standard InChI is InChI=1S/C61H108O6/c1-4-7-10-13-16-19-22-25-28-30-31-32-34-36-39-42-45-48-51-54-60(63)66-57-58(56-65-59(62)53-50-47-44-41-38-35-27-24-21-18-15-12-9-6-3)67-61(64)55-52-49-46-43-40-37-33-29-26-23-20-17-14-11-8-5-2/h9,12,16,18-19,21-22,25,29,33,58H,4-8,10-11,13-15,17,20,23-24,26-28,30-32,34-57H2,1-3H3/b12-9-,19-16-,21-18-,25-22-,33-29-. The third-order valence-electron chi connectivity index (χ3n) is 12.5. The zero-order valence-corrected chi connectivity index (χ0v) is 44.4. The highest BCUT2D eigenvalue weighted by molar-refractivity contribution is 5.71. The molecule has 1 atom stereocenters. The van der Waals surface area contributed by atoms with Crippen molar-refractivity contribution in [3.8, 4) is 0 Å². The zero-order chi connectivity index (χ0) is 48.6. The second kappa shape index (κ2) is 55.7. The van der Waals surface area contributed by atoms with Crippen molar-refractivity contribution >= 4 is 17.9 Å². The SMILES string of the molecule is CC/C=C\C/C=C\CCCCCCCCCC(=O)OCC(COC(=O)CCCCCCCCCCCC/C=C\C=C/CCCCC)OC(=O)CCCCCCC/C=C\CCCCCCCCC. The first-order valence-electron chi connectivity index (χ1n) is 28.8. The fraction of sp³-hybridized carbons (Fsp3) is 0.787. The maximum Gasteiger partial charge on any atom is 0.306 e. The van der Waals surface area contributed by atoms with Gasteiger partial charge in [-0.15, -0.1) is 0 Å². The van der Waals surface area contributed by atoms with Gasteiger partial charge in [0.2, 0.25) is 0 Å². The molecule has 0 aliphatic rings. The van der Waals surface area contributed by atoms with E-state index < -0.39 is 6.10 Å². The summed E-state index contributed by atoms with van der Waals surface area (Å²) in [6, 6.07) is 0. The first-order valence-corrected chi connectivity index (χ1v) is 28.8. The molecular weight excluding hydrogens is 829 g/mol. The molecule has 0 amide bonds. The maximum atomic E-state index is 12.8. The number of hydrogen-bond acceptors (Lipinski definition) is 6. The van der Waals surface area contributed by atoms with Crippen LogP contribution in [0.4, 0.5) is 0 Å². The Morgan fingerprint density at radius 1 is 0.328 bits per heavy atom. The Bertz CT molecular complexity index is 1210. The van der Waals surface area contributed by atoms with E-state index in [-0.39, 0.29) is 31.1 Å². The summed E-state index contributed by atoms with van der Waals surface area (Å²) in [6.45, 7) is 6.51. The molecule has 6 nitrogen and oxygen atoms in total. The van der Waals surface area contributed by atoms with Crippen LogP contribution in [0.15, 0.2) is 60.8 Å². The number of esters is 3. The van der Waals surface area contributed by atoms with E-state index in [4.69, 9.17) is 14.2 Å². The first kappa shape index (κ1) is 64.1. The second-order valence-electron chi connectivity index (χ2n) is 19.2. The predicted molar refractivity (Wildman–Crippen MR) is 288 cm³/mol. The third-order valence-corrected chi connectivity index (χ3v) is 12.5.